The summed E-state index contributed by atoms with van der Waals surface area (Å²) in [5, 5.41) is 12.8. The number of nitrogens with zero attached hydrogens (tertiary/aromatic N) is 5. The van der Waals surface area contributed by atoms with Crippen LogP contribution in [0, 0.1) is 6.92 Å². The molecule has 8 heteroatoms. The van der Waals surface area contributed by atoms with Crippen molar-refractivity contribution in [2.75, 3.05) is 18.0 Å². The third-order valence-electron chi connectivity index (χ3n) is 4.71. The van der Waals surface area contributed by atoms with E-state index in [1.165, 1.54) is 17.4 Å². The van der Waals surface area contributed by atoms with Gasteiger partial charge in [-0.2, -0.15) is 4.98 Å². The highest BCUT2D eigenvalue weighted by Gasteiger charge is 2.13. The first-order valence-electron chi connectivity index (χ1n) is 9.87. The van der Waals surface area contributed by atoms with E-state index in [0.717, 1.165) is 29.8 Å². The van der Waals surface area contributed by atoms with Gasteiger partial charge in [0, 0.05) is 29.9 Å². The van der Waals surface area contributed by atoms with Crippen molar-refractivity contribution in [1.29, 1.82) is 0 Å². The second-order valence-corrected chi connectivity index (χ2v) is 7.69. The monoisotopic (exact) mass is 421 g/mol. The molecule has 0 saturated heterocycles. The highest BCUT2D eigenvalue weighted by molar-refractivity contribution is 7.98. The molecule has 0 radical (unpaired) electrons. The predicted molar refractivity (Wildman–Crippen MR) is 117 cm³/mol. The molecule has 0 saturated carbocycles. The molecule has 4 rings (SSSR count). The van der Waals surface area contributed by atoms with Crippen molar-refractivity contribution in [3.8, 4) is 22.8 Å². The van der Waals surface area contributed by atoms with Gasteiger partial charge in [0.15, 0.2) is 0 Å². The van der Waals surface area contributed by atoms with E-state index in [1.54, 1.807) is 0 Å². The molecule has 0 atom stereocenters. The summed E-state index contributed by atoms with van der Waals surface area (Å²) in [6.45, 7) is 8.26. The van der Waals surface area contributed by atoms with Crippen LogP contribution in [0.25, 0.3) is 22.8 Å². The summed E-state index contributed by atoms with van der Waals surface area (Å²) < 4.78 is 11.1. The van der Waals surface area contributed by atoms with Crippen molar-refractivity contribution < 1.29 is 8.94 Å². The minimum atomic E-state index is 0.460. The van der Waals surface area contributed by atoms with Crippen LogP contribution in [-0.4, -0.2) is 33.4 Å². The van der Waals surface area contributed by atoms with Crippen molar-refractivity contribution >= 4 is 17.4 Å². The predicted octanol–water partition coefficient (Wildman–Crippen LogP) is 5.23. The summed E-state index contributed by atoms with van der Waals surface area (Å²) in [5.41, 5.74) is 4.16. The quantitative estimate of drug-likeness (QED) is 0.358. The van der Waals surface area contributed by atoms with Crippen LogP contribution in [0.3, 0.4) is 0 Å². The fourth-order valence-electron chi connectivity index (χ4n) is 3.13. The number of hydrogen-bond acceptors (Lipinski definition) is 8. The van der Waals surface area contributed by atoms with Crippen LogP contribution < -0.4 is 4.90 Å². The number of benzene rings is 2. The average molecular weight is 422 g/mol. The van der Waals surface area contributed by atoms with E-state index in [-0.39, 0.29) is 0 Å². The van der Waals surface area contributed by atoms with E-state index >= 15 is 0 Å². The van der Waals surface area contributed by atoms with E-state index in [0.29, 0.717) is 28.6 Å². The maximum atomic E-state index is 5.79. The van der Waals surface area contributed by atoms with Gasteiger partial charge >= 0.3 is 0 Å². The van der Waals surface area contributed by atoms with E-state index in [9.17, 15) is 0 Å². The second kappa shape index (κ2) is 9.13. The van der Waals surface area contributed by atoms with Gasteiger partial charge in [-0.3, -0.25) is 0 Å². The van der Waals surface area contributed by atoms with Crippen molar-refractivity contribution in [3.63, 3.8) is 0 Å². The molecule has 2 aromatic heterocycles. The summed E-state index contributed by atoms with van der Waals surface area (Å²) in [5.74, 6) is 2.05. The number of anilines is 1. The lowest BCUT2D eigenvalue weighted by molar-refractivity contribution is 0.391. The highest BCUT2D eigenvalue weighted by atomic mass is 32.2. The molecule has 2 heterocycles. The molecule has 0 bridgehead atoms. The van der Waals surface area contributed by atoms with Crippen molar-refractivity contribution in [1.82, 2.24) is 20.3 Å². The van der Waals surface area contributed by atoms with Gasteiger partial charge in [0.1, 0.15) is 0 Å². The second-order valence-electron chi connectivity index (χ2n) is 6.76. The molecular weight excluding hydrogens is 398 g/mol. The third-order valence-corrected chi connectivity index (χ3v) is 5.52. The van der Waals surface area contributed by atoms with Gasteiger partial charge in [-0.25, -0.2) is 0 Å². The van der Waals surface area contributed by atoms with Gasteiger partial charge < -0.3 is 13.8 Å². The molecule has 2 aromatic carbocycles. The Morgan fingerprint density at radius 2 is 1.77 bits per heavy atom. The van der Waals surface area contributed by atoms with Crippen LogP contribution >= 0.6 is 11.8 Å². The van der Waals surface area contributed by atoms with E-state index in [1.807, 2.05) is 43.3 Å². The Labute approximate surface area is 179 Å². The Morgan fingerprint density at radius 1 is 0.967 bits per heavy atom. The standard InChI is InChI=1S/C22H23N5O2S/c1-4-27(5-2)18-11-9-16(10-12-18)21-24-25-22(28-21)30-14-19-23-20(26-29-19)17-8-6-7-15(3)13-17/h6-13H,4-5,14H2,1-3H3. The minimum Gasteiger partial charge on any atom is -0.411 e. The molecule has 0 amide bonds. The summed E-state index contributed by atoms with van der Waals surface area (Å²) in [6.07, 6.45) is 0. The zero-order valence-corrected chi connectivity index (χ0v) is 18.0. The third kappa shape index (κ3) is 4.54. The zero-order valence-electron chi connectivity index (χ0n) is 17.2. The van der Waals surface area contributed by atoms with Gasteiger partial charge in [0.05, 0.1) is 5.75 Å². The van der Waals surface area contributed by atoms with Crippen LogP contribution in [-0.2, 0) is 5.75 Å². The van der Waals surface area contributed by atoms with E-state index in [2.05, 4.69) is 51.2 Å². The smallest absolute Gasteiger partial charge is 0.277 e. The number of aryl methyl sites for hydroxylation is 1. The first kappa shape index (κ1) is 20.2. The number of aromatic nitrogens is 4. The molecule has 0 unspecified atom stereocenters. The molecule has 4 aromatic rings. The lowest BCUT2D eigenvalue weighted by Gasteiger charge is -2.20. The molecule has 154 valence electrons. The largest absolute Gasteiger partial charge is 0.411 e. The summed E-state index contributed by atoms with van der Waals surface area (Å²) >= 11 is 1.37. The van der Waals surface area contributed by atoms with Crippen LogP contribution in [0.15, 0.2) is 62.7 Å². The molecule has 0 aliphatic rings. The first-order valence-corrected chi connectivity index (χ1v) is 10.9. The van der Waals surface area contributed by atoms with Gasteiger partial charge in [-0.15, -0.1) is 10.2 Å². The van der Waals surface area contributed by atoms with Gasteiger partial charge in [-0.05, 0) is 51.1 Å². The zero-order chi connectivity index (χ0) is 20.9. The Hall–Kier alpha value is -3.13. The van der Waals surface area contributed by atoms with Crippen LogP contribution in [0.2, 0.25) is 0 Å². The lowest BCUT2D eigenvalue weighted by Crippen LogP contribution is -2.21. The summed E-state index contributed by atoms with van der Waals surface area (Å²) in [7, 11) is 0. The van der Waals surface area contributed by atoms with E-state index < -0.39 is 0 Å². The molecule has 0 aliphatic carbocycles. The lowest BCUT2D eigenvalue weighted by atomic mass is 10.1. The molecule has 0 aliphatic heterocycles. The molecule has 0 fully saturated rings. The number of hydrogen-bond donors (Lipinski definition) is 0. The normalized spacial score (nSPS) is 11.0. The maximum absolute atomic E-state index is 5.79. The summed E-state index contributed by atoms with van der Waals surface area (Å²) in [4.78, 5) is 6.74. The molecule has 0 spiro atoms. The van der Waals surface area contributed by atoms with Crippen molar-refractivity contribution in [2.24, 2.45) is 0 Å². The van der Waals surface area contributed by atoms with Crippen LogP contribution in [0.5, 0.6) is 0 Å². The number of thioether (sulfide) groups is 1. The Morgan fingerprint density at radius 3 is 2.50 bits per heavy atom. The Balaban J connectivity index is 1.39. The van der Waals surface area contributed by atoms with Gasteiger partial charge in [-0.1, -0.05) is 40.7 Å². The highest BCUT2D eigenvalue weighted by Crippen LogP contribution is 2.27. The molecule has 30 heavy (non-hydrogen) atoms. The SMILES string of the molecule is CCN(CC)c1ccc(-c2nnc(SCc3nc(-c4cccc(C)c4)no3)o2)cc1. The molecular formula is C22H23N5O2S. The Kier molecular flexibility index (Phi) is 6.13. The first-order chi connectivity index (χ1) is 14.7. The van der Waals surface area contributed by atoms with Crippen LogP contribution in [0.1, 0.15) is 25.3 Å². The number of rotatable bonds is 8. The van der Waals surface area contributed by atoms with Gasteiger partial charge in [0.2, 0.25) is 17.6 Å². The fourth-order valence-corrected chi connectivity index (χ4v) is 3.73. The van der Waals surface area contributed by atoms with Crippen LogP contribution in [0.4, 0.5) is 5.69 Å². The van der Waals surface area contributed by atoms with E-state index in [4.69, 9.17) is 8.94 Å². The van der Waals surface area contributed by atoms with Crippen molar-refractivity contribution in [2.45, 2.75) is 31.7 Å². The molecule has 7 nitrogen and oxygen atoms in total. The summed E-state index contributed by atoms with van der Waals surface area (Å²) in [6, 6.07) is 16.1. The van der Waals surface area contributed by atoms with Gasteiger partial charge in [0.25, 0.3) is 5.22 Å². The fraction of sp³-hybridized carbons (Fsp3) is 0.273. The van der Waals surface area contributed by atoms with Crippen molar-refractivity contribution in [3.05, 3.63) is 60.0 Å². The molecule has 0 N–H and O–H groups in total. The Bertz CT molecular complexity index is 1100. The topological polar surface area (TPSA) is 81.1 Å². The minimum absolute atomic E-state index is 0.460. The maximum Gasteiger partial charge on any atom is 0.277 e. The average Bonchev–Trinajstić information content (AvgIpc) is 3.43.